The van der Waals surface area contributed by atoms with E-state index in [-0.39, 0.29) is 5.41 Å². The maximum absolute atomic E-state index is 9.00. The molecule has 0 atom stereocenters. The summed E-state index contributed by atoms with van der Waals surface area (Å²) >= 11 is 0. The second-order valence-corrected chi connectivity index (χ2v) is 4.29. The van der Waals surface area contributed by atoms with Crippen molar-refractivity contribution in [1.29, 1.82) is 5.26 Å². The Bertz CT molecular complexity index is 344. The Labute approximate surface area is 86.4 Å². The van der Waals surface area contributed by atoms with E-state index in [1.807, 2.05) is 18.2 Å². The molecule has 0 saturated carbocycles. The summed E-state index contributed by atoms with van der Waals surface area (Å²) in [7, 11) is 0. The van der Waals surface area contributed by atoms with Crippen molar-refractivity contribution < 1.29 is 0 Å². The lowest BCUT2D eigenvalue weighted by Crippen LogP contribution is -2.18. The van der Waals surface area contributed by atoms with Crippen LogP contribution in [0, 0.1) is 11.3 Å². The van der Waals surface area contributed by atoms with E-state index in [0.29, 0.717) is 0 Å². The fourth-order valence-electron chi connectivity index (χ4n) is 1.93. The highest BCUT2D eigenvalue weighted by Gasteiger charge is 2.21. The number of nitrogens with zero attached hydrogens (tertiary/aromatic N) is 1. The van der Waals surface area contributed by atoms with E-state index in [9.17, 15) is 0 Å². The average Bonchev–Trinajstić information content (AvgIpc) is 2.18. The fraction of sp³-hybridized carbons (Fsp3) is 0.462. The van der Waals surface area contributed by atoms with Gasteiger partial charge in [-0.1, -0.05) is 45.4 Å². The van der Waals surface area contributed by atoms with Crippen molar-refractivity contribution in [2.75, 3.05) is 0 Å². The van der Waals surface area contributed by atoms with Crippen molar-refractivity contribution in [3.63, 3.8) is 0 Å². The summed E-state index contributed by atoms with van der Waals surface area (Å²) in [6, 6.07) is 10.1. The van der Waals surface area contributed by atoms with Gasteiger partial charge >= 0.3 is 0 Å². The molecular formula is C13H17N. The normalized spacial score (nSPS) is 11.0. The van der Waals surface area contributed by atoms with Gasteiger partial charge in [-0.3, -0.25) is 0 Å². The molecule has 0 fully saturated rings. The average molecular weight is 187 g/mol. The van der Waals surface area contributed by atoms with Crippen LogP contribution in [0.3, 0.4) is 0 Å². The molecule has 0 unspecified atom stereocenters. The van der Waals surface area contributed by atoms with E-state index in [1.54, 1.807) is 0 Å². The number of hydrogen-bond donors (Lipinski definition) is 0. The molecule has 14 heavy (non-hydrogen) atoms. The van der Waals surface area contributed by atoms with Gasteiger partial charge in [0.15, 0.2) is 0 Å². The van der Waals surface area contributed by atoms with Crippen LogP contribution in [-0.2, 0) is 5.41 Å². The van der Waals surface area contributed by atoms with Gasteiger partial charge in [-0.05, 0) is 23.5 Å². The number of nitriles is 1. The maximum atomic E-state index is 9.00. The number of rotatable bonds is 3. The molecule has 1 aromatic carbocycles. The maximum Gasteiger partial charge on any atom is 0.0994 e. The smallest absolute Gasteiger partial charge is 0.0994 e. The molecule has 1 heteroatoms. The highest BCUT2D eigenvalue weighted by molar-refractivity contribution is 5.41. The third-order valence-corrected chi connectivity index (χ3v) is 2.65. The molecule has 0 amide bonds. The molecule has 0 aliphatic rings. The van der Waals surface area contributed by atoms with Gasteiger partial charge in [-0.15, -0.1) is 0 Å². The largest absolute Gasteiger partial charge is 0.192 e. The highest BCUT2D eigenvalue weighted by Crippen LogP contribution is 2.30. The molecule has 0 saturated heterocycles. The van der Waals surface area contributed by atoms with Gasteiger partial charge in [0.25, 0.3) is 0 Å². The quantitative estimate of drug-likeness (QED) is 0.708. The molecule has 1 nitrogen and oxygen atoms in total. The first-order valence-electron chi connectivity index (χ1n) is 5.11. The van der Waals surface area contributed by atoms with Crippen LogP contribution in [0.25, 0.3) is 0 Å². The summed E-state index contributed by atoms with van der Waals surface area (Å²) < 4.78 is 0. The summed E-state index contributed by atoms with van der Waals surface area (Å²) in [5.41, 5.74) is 2.09. The van der Waals surface area contributed by atoms with Crippen molar-refractivity contribution in [3.8, 4) is 6.07 Å². The Morgan fingerprint density at radius 1 is 1.29 bits per heavy atom. The molecule has 1 aromatic rings. The van der Waals surface area contributed by atoms with Crippen LogP contribution < -0.4 is 0 Å². The summed E-state index contributed by atoms with van der Waals surface area (Å²) in [4.78, 5) is 0. The Balaban J connectivity index is 3.12. The van der Waals surface area contributed by atoms with Crippen LogP contribution in [0.4, 0.5) is 0 Å². The molecule has 0 aliphatic carbocycles. The van der Waals surface area contributed by atoms with Gasteiger partial charge in [-0.25, -0.2) is 0 Å². The predicted octanol–water partition coefficient (Wildman–Crippen LogP) is 3.64. The molecule has 0 heterocycles. The van der Waals surface area contributed by atoms with Gasteiger partial charge in [-0.2, -0.15) is 5.26 Å². The van der Waals surface area contributed by atoms with Crippen molar-refractivity contribution in [3.05, 3.63) is 35.4 Å². The van der Waals surface area contributed by atoms with E-state index in [1.165, 1.54) is 5.56 Å². The van der Waals surface area contributed by atoms with Crippen molar-refractivity contribution in [2.24, 2.45) is 0 Å². The number of benzene rings is 1. The Morgan fingerprint density at radius 2 is 1.93 bits per heavy atom. The zero-order chi connectivity index (χ0) is 10.6. The molecule has 1 rings (SSSR count). The van der Waals surface area contributed by atoms with Gasteiger partial charge in [0, 0.05) is 0 Å². The lowest BCUT2D eigenvalue weighted by atomic mass is 9.78. The Kier molecular flexibility index (Phi) is 3.30. The Morgan fingerprint density at radius 3 is 2.50 bits per heavy atom. The molecule has 0 aromatic heterocycles. The second-order valence-electron chi connectivity index (χ2n) is 4.29. The van der Waals surface area contributed by atoms with Crippen LogP contribution in [-0.4, -0.2) is 0 Å². The van der Waals surface area contributed by atoms with Crippen LogP contribution in [0.15, 0.2) is 24.3 Å². The number of hydrogen-bond acceptors (Lipinski definition) is 1. The van der Waals surface area contributed by atoms with Crippen LogP contribution in [0.5, 0.6) is 0 Å². The molecule has 0 radical (unpaired) electrons. The monoisotopic (exact) mass is 187 g/mol. The summed E-state index contributed by atoms with van der Waals surface area (Å²) in [6.45, 7) is 6.58. The SMILES string of the molecule is CCCC(C)(C)c1ccccc1C#N. The minimum atomic E-state index is 0.112. The molecular weight excluding hydrogens is 170 g/mol. The van der Waals surface area contributed by atoms with Gasteiger partial charge in [0.05, 0.1) is 11.6 Å². The first-order valence-corrected chi connectivity index (χ1v) is 5.11. The third kappa shape index (κ3) is 2.14. The standard InChI is InChI=1S/C13H17N/c1-4-9-13(2,3)12-8-6-5-7-11(12)10-14/h5-8H,4,9H2,1-3H3. The van der Waals surface area contributed by atoms with Crippen LogP contribution in [0.2, 0.25) is 0 Å². The van der Waals surface area contributed by atoms with Crippen molar-refractivity contribution in [1.82, 2.24) is 0 Å². The minimum absolute atomic E-state index is 0.112. The van der Waals surface area contributed by atoms with Crippen LogP contribution in [0.1, 0.15) is 44.7 Å². The van der Waals surface area contributed by atoms with Crippen molar-refractivity contribution >= 4 is 0 Å². The van der Waals surface area contributed by atoms with E-state index < -0.39 is 0 Å². The second kappa shape index (κ2) is 4.28. The fourth-order valence-corrected chi connectivity index (χ4v) is 1.93. The summed E-state index contributed by atoms with van der Waals surface area (Å²) in [6.07, 6.45) is 2.26. The van der Waals surface area contributed by atoms with E-state index in [0.717, 1.165) is 18.4 Å². The predicted molar refractivity (Wildman–Crippen MR) is 59.1 cm³/mol. The summed E-state index contributed by atoms with van der Waals surface area (Å²) in [5.74, 6) is 0. The van der Waals surface area contributed by atoms with E-state index in [2.05, 4.69) is 32.9 Å². The van der Waals surface area contributed by atoms with Gasteiger partial charge < -0.3 is 0 Å². The zero-order valence-electron chi connectivity index (χ0n) is 9.17. The first-order chi connectivity index (χ1) is 6.61. The molecule has 0 N–H and O–H groups in total. The third-order valence-electron chi connectivity index (χ3n) is 2.65. The summed E-state index contributed by atoms with van der Waals surface area (Å²) in [5, 5.41) is 9.00. The van der Waals surface area contributed by atoms with Gasteiger partial charge in [0.2, 0.25) is 0 Å². The lowest BCUT2D eigenvalue weighted by Gasteiger charge is -2.25. The van der Waals surface area contributed by atoms with E-state index in [4.69, 9.17) is 5.26 Å². The lowest BCUT2D eigenvalue weighted by molar-refractivity contribution is 0.472. The first kappa shape index (κ1) is 10.8. The Hall–Kier alpha value is -1.29. The topological polar surface area (TPSA) is 23.8 Å². The molecule has 0 spiro atoms. The molecule has 74 valence electrons. The zero-order valence-corrected chi connectivity index (χ0v) is 9.17. The molecule has 0 bridgehead atoms. The highest BCUT2D eigenvalue weighted by atomic mass is 14.3. The van der Waals surface area contributed by atoms with Gasteiger partial charge in [0.1, 0.15) is 0 Å². The minimum Gasteiger partial charge on any atom is -0.192 e. The van der Waals surface area contributed by atoms with E-state index >= 15 is 0 Å². The van der Waals surface area contributed by atoms with Crippen molar-refractivity contribution in [2.45, 2.75) is 39.0 Å². The molecule has 0 aliphatic heterocycles. The van der Waals surface area contributed by atoms with Crippen LogP contribution >= 0.6 is 0 Å².